The minimum absolute atomic E-state index is 0.0244. The van der Waals surface area contributed by atoms with Gasteiger partial charge in [0.15, 0.2) is 0 Å². The molecule has 4 nitrogen and oxygen atoms in total. The van der Waals surface area contributed by atoms with E-state index >= 15 is 0 Å². The average Bonchev–Trinajstić information content (AvgIpc) is 2.76. The molecule has 4 heteroatoms. The van der Waals surface area contributed by atoms with Crippen LogP contribution in [0.5, 0.6) is 5.88 Å². The van der Waals surface area contributed by atoms with Crippen LogP contribution in [-0.4, -0.2) is 36.1 Å². The topological polar surface area (TPSA) is 51.4 Å². The van der Waals surface area contributed by atoms with E-state index in [1.807, 2.05) is 19.1 Å². The number of ether oxygens (including phenoxy) is 1. The molecule has 0 amide bonds. The summed E-state index contributed by atoms with van der Waals surface area (Å²) in [7, 11) is 2.19. The number of hydrogen-bond donors (Lipinski definition) is 1. The third-order valence-electron chi connectivity index (χ3n) is 3.66. The molecule has 2 heterocycles. The van der Waals surface area contributed by atoms with E-state index in [1.165, 1.54) is 19.4 Å². The van der Waals surface area contributed by atoms with Gasteiger partial charge in [-0.1, -0.05) is 0 Å². The van der Waals surface area contributed by atoms with Crippen LogP contribution in [0.2, 0.25) is 0 Å². The molecule has 1 aromatic heterocycles. The van der Waals surface area contributed by atoms with Crippen molar-refractivity contribution in [1.82, 2.24) is 9.88 Å². The van der Waals surface area contributed by atoms with E-state index in [2.05, 4.69) is 16.9 Å². The second-order valence-electron chi connectivity index (χ2n) is 5.13. The molecular formula is C14H23N3O. The molecule has 0 spiro atoms. The highest BCUT2D eigenvalue weighted by molar-refractivity contribution is 5.22. The predicted octanol–water partition coefficient (Wildman–Crippen LogP) is 1.96. The predicted molar refractivity (Wildman–Crippen MR) is 72.6 cm³/mol. The van der Waals surface area contributed by atoms with Gasteiger partial charge in [0, 0.05) is 24.3 Å². The Labute approximate surface area is 109 Å². The van der Waals surface area contributed by atoms with Crippen LogP contribution in [-0.2, 0) is 0 Å². The number of hydrogen-bond acceptors (Lipinski definition) is 4. The summed E-state index contributed by atoms with van der Waals surface area (Å²) < 4.78 is 5.71. The second-order valence-corrected chi connectivity index (χ2v) is 5.13. The normalized spacial score (nSPS) is 22.1. The standard InChI is InChI=1S/C14H23N3O/c1-11(15)12-5-7-16-14(10-12)18-9-6-13-4-3-8-17(13)2/h5,7,10-11,13H,3-4,6,8-9,15H2,1-2H3/t11-,13?/m0/s1. The molecule has 0 radical (unpaired) electrons. The Morgan fingerprint density at radius 3 is 3.11 bits per heavy atom. The van der Waals surface area contributed by atoms with Crippen LogP contribution >= 0.6 is 0 Å². The Morgan fingerprint density at radius 2 is 2.44 bits per heavy atom. The first-order valence-corrected chi connectivity index (χ1v) is 6.71. The van der Waals surface area contributed by atoms with E-state index in [-0.39, 0.29) is 6.04 Å². The van der Waals surface area contributed by atoms with E-state index in [1.54, 1.807) is 6.20 Å². The smallest absolute Gasteiger partial charge is 0.213 e. The van der Waals surface area contributed by atoms with Crippen molar-refractivity contribution in [3.63, 3.8) is 0 Å². The quantitative estimate of drug-likeness (QED) is 0.866. The molecule has 1 saturated heterocycles. The molecule has 2 N–H and O–H groups in total. The van der Waals surface area contributed by atoms with Gasteiger partial charge in [-0.25, -0.2) is 4.98 Å². The third kappa shape index (κ3) is 3.43. The lowest BCUT2D eigenvalue weighted by molar-refractivity contribution is 0.228. The van der Waals surface area contributed by atoms with Crippen molar-refractivity contribution in [3.8, 4) is 5.88 Å². The Hall–Kier alpha value is -1.13. The maximum Gasteiger partial charge on any atom is 0.213 e. The van der Waals surface area contributed by atoms with E-state index in [0.29, 0.717) is 11.9 Å². The van der Waals surface area contributed by atoms with Crippen molar-refractivity contribution in [1.29, 1.82) is 0 Å². The summed E-state index contributed by atoms with van der Waals surface area (Å²) in [5.41, 5.74) is 6.91. The van der Waals surface area contributed by atoms with Gasteiger partial charge in [0.05, 0.1) is 6.61 Å². The Morgan fingerprint density at radius 1 is 1.61 bits per heavy atom. The fraction of sp³-hybridized carbons (Fsp3) is 0.643. The van der Waals surface area contributed by atoms with Crippen LogP contribution in [0.15, 0.2) is 18.3 Å². The molecule has 0 aromatic carbocycles. The second kappa shape index (κ2) is 6.16. The van der Waals surface area contributed by atoms with Gasteiger partial charge in [-0.2, -0.15) is 0 Å². The molecule has 0 aliphatic carbocycles. The summed E-state index contributed by atoms with van der Waals surface area (Å²) in [5, 5.41) is 0. The number of nitrogens with zero attached hydrogens (tertiary/aromatic N) is 2. The zero-order chi connectivity index (χ0) is 13.0. The van der Waals surface area contributed by atoms with Gasteiger partial charge in [-0.15, -0.1) is 0 Å². The SMILES string of the molecule is C[C@H](N)c1ccnc(OCCC2CCCN2C)c1. The molecule has 1 aliphatic rings. The lowest BCUT2D eigenvalue weighted by atomic mass is 10.1. The number of pyridine rings is 1. The first-order valence-electron chi connectivity index (χ1n) is 6.71. The number of aromatic nitrogens is 1. The van der Waals surface area contributed by atoms with Crippen molar-refractivity contribution >= 4 is 0 Å². The van der Waals surface area contributed by atoms with Crippen molar-refractivity contribution in [2.75, 3.05) is 20.2 Å². The van der Waals surface area contributed by atoms with E-state index in [0.717, 1.165) is 18.6 Å². The molecule has 2 rings (SSSR count). The van der Waals surface area contributed by atoms with E-state index in [9.17, 15) is 0 Å². The zero-order valence-corrected chi connectivity index (χ0v) is 11.3. The minimum Gasteiger partial charge on any atom is -0.478 e. The monoisotopic (exact) mass is 249 g/mol. The van der Waals surface area contributed by atoms with Gasteiger partial charge in [-0.3, -0.25) is 0 Å². The molecule has 1 fully saturated rings. The van der Waals surface area contributed by atoms with Crippen LogP contribution in [0.4, 0.5) is 0 Å². The van der Waals surface area contributed by atoms with Crippen molar-refractivity contribution in [3.05, 3.63) is 23.9 Å². The van der Waals surface area contributed by atoms with Crippen molar-refractivity contribution < 1.29 is 4.74 Å². The fourth-order valence-electron chi connectivity index (χ4n) is 2.43. The Bertz CT molecular complexity index is 381. The largest absolute Gasteiger partial charge is 0.478 e. The Balaban J connectivity index is 1.81. The highest BCUT2D eigenvalue weighted by Crippen LogP contribution is 2.19. The van der Waals surface area contributed by atoms with Gasteiger partial charge in [0.25, 0.3) is 0 Å². The van der Waals surface area contributed by atoms with Crippen LogP contribution in [0.25, 0.3) is 0 Å². The third-order valence-corrected chi connectivity index (χ3v) is 3.66. The van der Waals surface area contributed by atoms with Crippen molar-refractivity contribution in [2.24, 2.45) is 5.73 Å². The molecule has 0 bridgehead atoms. The summed E-state index contributed by atoms with van der Waals surface area (Å²) >= 11 is 0. The first kappa shape index (κ1) is 13.3. The first-order chi connectivity index (χ1) is 8.66. The van der Waals surface area contributed by atoms with Gasteiger partial charge >= 0.3 is 0 Å². The molecule has 0 saturated carbocycles. The zero-order valence-electron chi connectivity index (χ0n) is 11.3. The number of nitrogens with two attached hydrogens (primary N) is 1. The van der Waals surface area contributed by atoms with E-state index in [4.69, 9.17) is 10.5 Å². The highest BCUT2D eigenvalue weighted by atomic mass is 16.5. The molecule has 1 aromatic rings. The van der Waals surface area contributed by atoms with Crippen LogP contribution in [0.3, 0.4) is 0 Å². The molecule has 1 unspecified atom stereocenters. The van der Waals surface area contributed by atoms with Crippen LogP contribution < -0.4 is 10.5 Å². The summed E-state index contributed by atoms with van der Waals surface area (Å²) in [6, 6.07) is 4.56. The summed E-state index contributed by atoms with van der Waals surface area (Å²) in [6.07, 6.45) is 5.42. The maximum atomic E-state index is 5.84. The van der Waals surface area contributed by atoms with Crippen LogP contribution in [0, 0.1) is 0 Å². The average molecular weight is 249 g/mol. The highest BCUT2D eigenvalue weighted by Gasteiger charge is 2.20. The lowest BCUT2D eigenvalue weighted by Crippen LogP contribution is -2.26. The summed E-state index contributed by atoms with van der Waals surface area (Å²) in [5.74, 6) is 0.686. The fourth-order valence-corrected chi connectivity index (χ4v) is 2.43. The number of rotatable bonds is 5. The Kier molecular flexibility index (Phi) is 4.55. The van der Waals surface area contributed by atoms with Gasteiger partial charge in [0.2, 0.25) is 5.88 Å². The molecule has 1 aliphatic heterocycles. The minimum atomic E-state index is 0.0244. The molecule has 2 atom stereocenters. The lowest BCUT2D eigenvalue weighted by Gasteiger charge is -2.19. The van der Waals surface area contributed by atoms with Crippen molar-refractivity contribution in [2.45, 2.75) is 38.3 Å². The number of likely N-dealkylation sites (tertiary alicyclic amines) is 1. The molecule has 18 heavy (non-hydrogen) atoms. The maximum absolute atomic E-state index is 5.84. The van der Waals surface area contributed by atoms with Crippen LogP contribution in [0.1, 0.15) is 37.8 Å². The summed E-state index contributed by atoms with van der Waals surface area (Å²) in [4.78, 5) is 6.63. The van der Waals surface area contributed by atoms with Gasteiger partial charge in [0.1, 0.15) is 0 Å². The van der Waals surface area contributed by atoms with Gasteiger partial charge in [-0.05, 0) is 51.4 Å². The summed E-state index contributed by atoms with van der Waals surface area (Å²) in [6.45, 7) is 3.90. The molecule has 100 valence electrons. The van der Waals surface area contributed by atoms with E-state index < -0.39 is 0 Å². The molecular weight excluding hydrogens is 226 g/mol. The van der Waals surface area contributed by atoms with Gasteiger partial charge < -0.3 is 15.4 Å².